The van der Waals surface area contributed by atoms with Gasteiger partial charge in [-0.25, -0.2) is 9.67 Å². The van der Waals surface area contributed by atoms with Crippen molar-refractivity contribution in [1.82, 2.24) is 25.0 Å². The predicted molar refractivity (Wildman–Crippen MR) is 122 cm³/mol. The molecule has 0 bridgehead atoms. The highest BCUT2D eigenvalue weighted by atomic mass is 19.1. The summed E-state index contributed by atoms with van der Waals surface area (Å²) < 4.78 is 27.7. The number of benzene rings is 1. The molecule has 7 nitrogen and oxygen atoms in total. The van der Waals surface area contributed by atoms with Gasteiger partial charge in [0.25, 0.3) is 0 Å². The van der Waals surface area contributed by atoms with Crippen LogP contribution in [0.1, 0.15) is 55.3 Å². The first-order valence-corrected chi connectivity index (χ1v) is 11.2. The van der Waals surface area contributed by atoms with Crippen molar-refractivity contribution in [2.24, 2.45) is 0 Å². The summed E-state index contributed by atoms with van der Waals surface area (Å²) in [6.07, 6.45) is 5.99. The summed E-state index contributed by atoms with van der Waals surface area (Å²) in [5, 5.41) is 14.0. The van der Waals surface area contributed by atoms with Crippen LogP contribution in [0.25, 0.3) is 22.2 Å². The fourth-order valence-electron chi connectivity index (χ4n) is 4.55. The van der Waals surface area contributed by atoms with Crippen LogP contribution in [-0.4, -0.2) is 31.6 Å². The normalized spacial score (nSPS) is 17.3. The molecule has 0 radical (unpaired) electrons. The summed E-state index contributed by atoms with van der Waals surface area (Å²) in [5.41, 5.74) is 5.33. The third kappa shape index (κ3) is 4.18. The zero-order valence-corrected chi connectivity index (χ0v) is 19.0. The van der Waals surface area contributed by atoms with Gasteiger partial charge in [-0.3, -0.25) is 0 Å². The number of aryl methyl sites for hydroxylation is 2. The first kappa shape index (κ1) is 21.5. The summed E-state index contributed by atoms with van der Waals surface area (Å²) in [4.78, 5) is 3.82. The molecule has 1 aliphatic rings. The highest BCUT2D eigenvalue weighted by Gasteiger charge is 2.23. The van der Waals surface area contributed by atoms with Crippen LogP contribution in [0.4, 0.5) is 4.39 Å². The molecule has 0 spiro atoms. The number of aromatic nitrogens is 5. The Hall–Kier alpha value is -3.39. The van der Waals surface area contributed by atoms with Gasteiger partial charge < -0.3 is 9.47 Å². The average molecular weight is 448 g/mol. The largest absolute Gasteiger partial charge is 0.486 e. The van der Waals surface area contributed by atoms with Crippen LogP contribution in [0, 0.1) is 19.8 Å². The summed E-state index contributed by atoms with van der Waals surface area (Å²) in [7, 11) is 0. The number of rotatable bonds is 5. The maximum atomic E-state index is 13.5. The van der Waals surface area contributed by atoms with Crippen LogP contribution in [-0.2, 0) is 4.74 Å². The summed E-state index contributed by atoms with van der Waals surface area (Å²) >= 11 is 0. The van der Waals surface area contributed by atoms with Crippen LogP contribution in [0.2, 0.25) is 0 Å². The van der Waals surface area contributed by atoms with Crippen molar-refractivity contribution in [2.75, 3.05) is 6.61 Å². The molecule has 170 valence electrons. The molecule has 3 aromatic heterocycles. The number of fused-ring (bicyclic) bond motifs is 1. The maximum Gasteiger partial charge on any atom is 0.212 e. The third-order valence-corrected chi connectivity index (χ3v) is 6.10. The lowest BCUT2D eigenvalue weighted by Gasteiger charge is -2.23. The van der Waals surface area contributed by atoms with Crippen molar-refractivity contribution < 1.29 is 13.9 Å². The zero-order chi connectivity index (χ0) is 22.9. The molecule has 5 rings (SSSR count). The van der Waals surface area contributed by atoms with Crippen LogP contribution >= 0.6 is 0 Å². The van der Waals surface area contributed by atoms with E-state index in [9.17, 15) is 4.39 Å². The van der Waals surface area contributed by atoms with Gasteiger partial charge in [0, 0.05) is 29.3 Å². The van der Waals surface area contributed by atoms with Crippen molar-refractivity contribution in [2.45, 2.75) is 52.4 Å². The van der Waals surface area contributed by atoms with E-state index in [1.54, 1.807) is 12.3 Å². The Morgan fingerprint density at radius 1 is 1.15 bits per heavy atom. The predicted octanol–water partition coefficient (Wildman–Crippen LogP) is 5.48. The minimum absolute atomic E-state index is 0.123. The molecule has 1 unspecified atom stereocenters. The van der Waals surface area contributed by atoms with E-state index in [4.69, 9.17) is 14.6 Å². The minimum atomic E-state index is -0.521. The monoisotopic (exact) mass is 447 g/mol. The van der Waals surface area contributed by atoms with Crippen molar-refractivity contribution in [3.63, 3.8) is 0 Å². The smallest absolute Gasteiger partial charge is 0.212 e. The molecule has 1 aromatic carbocycles. The van der Waals surface area contributed by atoms with E-state index in [2.05, 4.69) is 15.2 Å². The van der Waals surface area contributed by atoms with Crippen molar-refractivity contribution in [3.8, 4) is 17.0 Å². The number of hydrogen-bond acceptors (Lipinski definition) is 6. The SMILES string of the molecule is Cc1cnnc(C)c1[C@@H](C)Oc1ccc2c(c1)c(-c1ccc(F)nc1)nn2C1CCCCO1. The van der Waals surface area contributed by atoms with Gasteiger partial charge in [0.2, 0.25) is 5.95 Å². The number of halogens is 1. The Bertz CT molecular complexity index is 1260. The Morgan fingerprint density at radius 2 is 2.03 bits per heavy atom. The van der Waals surface area contributed by atoms with E-state index in [0.29, 0.717) is 5.75 Å². The van der Waals surface area contributed by atoms with E-state index in [1.807, 2.05) is 43.7 Å². The number of ether oxygens (including phenoxy) is 2. The van der Waals surface area contributed by atoms with Gasteiger partial charge in [0.05, 0.1) is 17.4 Å². The molecule has 1 fully saturated rings. The lowest BCUT2D eigenvalue weighted by atomic mass is 10.0. The van der Waals surface area contributed by atoms with Gasteiger partial charge >= 0.3 is 0 Å². The van der Waals surface area contributed by atoms with E-state index in [1.165, 1.54) is 12.3 Å². The van der Waals surface area contributed by atoms with Gasteiger partial charge in [-0.15, -0.1) is 0 Å². The maximum absolute atomic E-state index is 13.5. The molecule has 1 saturated heterocycles. The van der Waals surface area contributed by atoms with Gasteiger partial charge in [-0.05, 0) is 75.9 Å². The summed E-state index contributed by atoms with van der Waals surface area (Å²) in [5.74, 6) is 0.193. The first-order valence-electron chi connectivity index (χ1n) is 11.2. The molecule has 0 N–H and O–H groups in total. The van der Waals surface area contributed by atoms with Gasteiger partial charge in [-0.2, -0.15) is 19.7 Å². The Morgan fingerprint density at radius 3 is 2.76 bits per heavy atom. The van der Waals surface area contributed by atoms with Gasteiger partial charge in [-0.1, -0.05) is 0 Å². The number of nitrogens with zero attached hydrogens (tertiary/aromatic N) is 5. The standard InChI is InChI=1S/C25H26FN5O2/c1-15-13-28-29-16(2)24(15)17(3)33-19-8-9-21-20(12-19)25(18-7-10-22(26)27-14-18)30-31(21)23-6-4-5-11-32-23/h7-10,12-14,17,23H,4-6,11H2,1-3H3/t17-,23?/m1/s1. The van der Waals surface area contributed by atoms with E-state index < -0.39 is 5.95 Å². The second-order valence-electron chi connectivity index (χ2n) is 8.45. The zero-order valence-electron chi connectivity index (χ0n) is 19.0. The lowest BCUT2D eigenvalue weighted by Crippen LogP contribution is -2.19. The highest BCUT2D eigenvalue weighted by molar-refractivity contribution is 5.94. The summed E-state index contributed by atoms with van der Waals surface area (Å²) in [6.45, 7) is 6.67. The second kappa shape index (κ2) is 8.86. The molecule has 0 saturated carbocycles. The Balaban J connectivity index is 1.57. The first-order chi connectivity index (χ1) is 16.0. The second-order valence-corrected chi connectivity index (χ2v) is 8.45. The van der Waals surface area contributed by atoms with Crippen molar-refractivity contribution >= 4 is 10.9 Å². The molecule has 0 amide bonds. The molecule has 4 aromatic rings. The number of hydrogen-bond donors (Lipinski definition) is 0. The molecular formula is C25H26FN5O2. The molecular weight excluding hydrogens is 421 g/mol. The van der Waals surface area contributed by atoms with Crippen molar-refractivity contribution in [1.29, 1.82) is 0 Å². The topological polar surface area (TPSA) is 75.0 Å². The highest BCUT2D eigenvalue weighted by Crippen LogP contribution is 2.36. The van der Waals surface area contributed by atoms with Crippen LogP contribution in [0.3, 0.4) is 0 Å². The quantitative estimate of drug-likeness (QED) is 0.377. The average Bonchev–Trinajstić information content (AvgIpc) is 3.19. The molecule has 33 heavy (non-hydrogen) atoms. The molecule has 4 heterocycles. The molecule has 2 atom stereocenters. The van der Waals surface area contributed by atoms with Gasteiger partial charge in [0.15, 0.2) is 6.23 Å². The minimum Gasteiger partial charge on any atom is -0.486 e. The lowest BCUT2D eigenvalue weighted by molar-refractivity contribution is -0.0365. The van der Waals surface area contributed by atoms with E-state index in [0.717, 1.165) is 64.9 Å². The Labute approximate surface area is 191 Å². The van der Waals surface area contributed by atoms with Crippen LogP contribution in [0.5, 0.6) is 5.75 Å². The van der Waals surface area contributed by atoms with Crippen molar-refractivity contribution in [3.05, 3.63) is 65.5 Å². The fourth-order valence-corrected chi connectivity index (χ4v) is 4.55. The molecule has 8 heteroatoms. The third-order valence-electron chi connectivity index (χ3n) is 6.10. The van der Waals surface area contributed by atoms with E-state index >= 15 is 0 Å². The van der Waals surface area contributed by atoms with Gasteiger partial charge in [0.1, 0.15) is 17.5 Å². The van der Waals surface area contributed by atoms with Crippen LogP contribution < -0.4 is 4.74 Å². The fraction of sp³-hybridized carbons (Fsp3) is 0.360. The molecule has 0 aliphatic carbocycles. The number of pyridine rings is 1. The summed E-state index contributed by atoms with van der Waals surface area (Å²) in [6, 6.07) is 8.98. The Kier molecular flexibility index (Phi) is 5.76. The van der Waals surface area contributed by atoms with Crippen LogP contribution in [0.15, 0.2) is 42.7 Å². The molecule has 1 aliphatic heterocycles. The van der Waals surface area contributed by atoms with E-state index in [-0.39, 0.29) is 12.3 Å².